The number of nitrogens with zero attached hydrogens (tertiary/aromatic N) is 1. The average molecular weight is 487 g/mol. The van der Waals surface area contributed by atoms with Gasteiger partial charge in [-0.05, 0) is 57.9 Å². The third kappa shape index (κ3) is 6.39. The van der Waals surface area contributed by atoms with Crippen molar-refractivity contribution in [2.45, 2.75) is 89.4 Å². The molecule has 9 nitrogen and oxygen atoms in total. The van der Waals surface area contributed by atoms with Crippen LogP contribution in [0.4, 0.5) is 0 Å². The van der Waals surface area contributed by atoms with Crippen LogP contribution in [-0.2, 0) is 25.6 Å². The minimum absolute atomic E-state index is 0.00928. The van der Waals surface area contributed by atoms with Gasteiger partial charge in [0, 0.05) is 19.6 Å². The van der Waals surface area contributed by atoms with Gasteiger partial charge >= 0.3 is 0 Å². The van der Waals surface area contributed by atoms with Crippen molar-refractivity contribution < 1.29 is 24.3 Å². The number of aliphatic hydroxyl groups excluding tert-OH is 1. The molecule has 9 heteroatoms. The molecule has 2 saturated heterocycles. The van der Waals surface area contributed by atoms with Crippen molar-refractivity contribution >= 4 is 23.6 Å². The molecule has 0 spiro atoms. The van der Waals surface area contributed by atoms with Crippen LogP contribution in [0.25, 0.3) is 0 Å². The predicted molar refractivity (Wildman–Crippen MR) is 131 cm³/mol. The Balaban J connectivity index is 1.94. The molecule has 35 heavy (non-hydrogen) atoms. The van der Waals surface area contributed by atoms with Gasteiger partial charge in [0.05, 0.1) is 0 Å². The number of amides is 4. The number of hydrogen-bond donors (Lipinski definition) is 4. The van der Waals surface area contributed by atoms with E-state index in [9.17, 15) is 19.2 Å². The van der Waals surface area contributed by atoms with Gasteiger partial charge in [0.2, 0.25) is 23.6 Å². The minimum Gasteiger partial charge on any atom is -0.396 e. The van der Waals surface area contributed by atoms with Gasteiger partial charge in [-0.3, -0.25) is 19.2 Å². The van der Waals surface area contributed by atoms with Gasteiger partial charge in [0.1, 0.15) is 23.7 Å². The molecule has 1 aromatic carbocycles. The largest absolute Gasteiger partial charge is 0.396 e. The van der Waals surface area contributed by atoms with E-state index in [-0.39, 0.29) is 24.8 Å². The van der Waals surface area contributed by atoms with Crippen molar-refractivity contribution in [3.63, 3.8) is 0 Å². The van der Waals surface area contributed by atoms with Crippen molar-refractivity contribution in [3.8, 4) is 0 Å². The first kappa shape index (κ1) is 26.7. The van der Waals surface area contributed by atoms with Crippen molar-refractivity contribution in [2.24, 2.45) is 0 Å². The van der Waals surface area contributed by atoms with Crippen LogP contribution in [0.3, 0.4) is 0 Å². The molecule has 192 valence electrons. The summed E-state index contributed by atoms with van der Waals surface area (Å²) in [4.78, 5) is 55.1. The lowest BCUT2D eigenvalue weighted by Crippen LogP contribution is -2.65. The summed E-state index contributed by atoms with van der Waals surface area (Å²) in [5, 5.41) is 17.7. The molecule has 0 aromatic heterocycles. The second kappa shape index (κ2) is 11.7. The predicted octanol–water partition coefficient (Wildman–Crippen LogP) is 0.959. The summed E-state index contributed by atoms with van der Waals surface area (Å²) in [5.74, 6) is -1.53. The van der Waals surface area contributed by atoms with Crippen molar-refractivity contribution in [2.75, 3.05) is 13.2 Å². The molecule has 2 aliphatic rings. The number of fused-ring (bicyclic) bond motifs is 1. The summed E-state index contributed by atoms with van der Waals surface area (Å²) in [5.41, 5.74) is 0.730. The smallest absolute Gasteiger partial charge is 0.246 e. The molecule has 4 amide bonds. The number of aliphatic hydroxyl groups is 1. The summed E-state index contributed by atoms with van der Waals surface area (Å²) in [6.45, 7) is 5.81. The number of carbonyl (C=O) groups excluding carboxylic acids is 4. The Kier molecular flexibility index (Phi) is 8.88. The van der Waals surface area contributed by atoms with E-state index in [0.29, 0.717) is 45.1 Å². The fraction of sp³-hybridized carbons (Fsp3) is 0.615. The summed E-state index contributed by atoms with van der Waals surface area (Å²) in [6.07, 6.45) is 3.13. The molecule has 4 N–H and O–H groups in total. The monoisotopic (exact) mass is 486 g/mol. The minimum atomic E-state index is -1.26. The molecule has 2 aliphatic heterocycles. The van der Waals surface area contributed by atoms with E-state index >= 15 is 0 Å². The summed E-state index contributed by atoms with van der Waals surface area (Å²) >= 11 is 0. The van der Waals surface area contributed by atoms with Gasteiger partial charge in [-0.25, -0.2) is 0 Å². The first-order valence-corrected chi connectivity index (χ1v) is 12.6. The molecule has 1 aromatic rings. The number of nitrogens with one attached hydrogen (secondary N) is 3. The molecule has 0 aliphatic carbocycles. The fourth-order valence-electron chi connectivity index (χ4n) is 4.64. The average Bonchev–Trinajstić information content (AvgIpc) is 3.33. The molecule has 2 fully saturated rings. The highest BCUT2D eigenvalue weighted by Crippen LogP contribution is 2.22. The molecule has 0 bridgehead atoms. The van der Waals surface area contributed by atoms with Crippen LogP contribution < -0.4 is 16.0 Å². The number of aryl methyl sites for hydroxylation is 1. The van der Waals surface area contributed by atoms with E-state index in [1.165, 1.54) is 0 Å². The van der Waals surface area contributed by atoms with Crippen LogP contribution >= 0.6 is 0 Å². The standard InChI is InChI=1S/C26H38N4O5/c1-4-26(3)25(35)28-20(16-18-12-10-17(2)11-13-18)24(34)30-14-7-9-21(30)23(33)27-19(22(32)29-26)8-5-6-15-31/h10-13,19-21,31H,4-9,14-16H2,1-3H3,(H,27,33)(H,28,35)(H,29,32)/t19-,20?,21+,26-/m0/s1. The molecular weight excluding hydrogens is 448 g/mol. The van der Waals surface area contributed by atoms with Gasteiger partial charge in [0.25, 0.3) is 0 Å². The number of hydrogen-bond acceptors (Lipinski definition) is 5. The van der Waals surface area contributed by atoms with E-state index in [4.69, 9.17) is 5.11 Å². The molecule has 0 saturated carbocycles. The maximum atomic E-state index is 13.7. The third-order valence-electron chi connectivity index (χ3n) is 7.14. The van der Waals surface area contributed by atoms with Crippen LogP contribution in [-0.4, -0.2) is 70.5 Å². The number of rotatable bonds is 7. The van der Waals surface area contributed by atoms with Gasteiger partial charge in [0.15, 0.2) is 0 Å². The van der Waals surface area contributed by atoms with Crippen LogP contribution in [0.15, 0.2) is 24.3 Å². The number of benzene rings is 1. The third-order valence-corrected chi connectivity index (χ3v) is 7.14. The van der Waals surface area contributed by atoms with Gasteiger partial charge < -0.3 is 26.0 Å². The lowest BCUT2D eigenvalue weighted by Gasteiger charge is -2.36. The van der Waals surface area contributed by atoms with E-state index in [2.05, 4.69) is 16.0 Å². The zero-order valence-corrected chi connectivity index (χ0v) is 20.9. The second-order valence-corrected chi connectivity index (χ2v) is 9.86. The van der Waals surface area contributed by atoms with Crippen molar-refractivity contribution in [1.82, 2.24) is 20.9 Å². The topological polar surface area (TPSA) is 128 Å². The zero-order chi connectivity index (χ0) is 25.6. The summed E-state index contributed by atoms with van der Waals surface area (Å²) < 4.78 is 0. The van der Waals surface area contributed by atoms with Gasteiger partial charge in [-0.2, -0.15) is 0 Å². The highest BCUT2D eigenvalue weighted by atomic mass is 16.3. The Labute approximate surface area is 207 Å². The van der Waals surface area contributed by atoms with Crippen LogP contribution in [0.5, 0.6) is 0 Å². The lowest BCUT2D eigenvalue weighted by molar-refractivity contribution is -0.144. The van der Waals surface area contributed by atoms with Crippen LogP contribution in [0.2, 0.25) is 0 Å². The Morgan fingerprint density at radius 1 is 1.03 bits per heavy atom. The SMILES string of the molecule is CC[C@]1(C)NC(=O)[C@H](CCCCO)NC(=O)[C@H]2CCCN2C(=O)C(Cc2ccc(C)cc2)NC1=O. The van der Waals surface area contributed by atoms with Gasteiger partial charge in [-0.15, -0.1) is 0 Å². The first-order valence-electron chi connectivity index (χ1n) is 12.6. The summed E-state index contributed by atoms with van der Waals surface area (Å²) in [7, 11) is 0. The molecular formula is C26H38N4O5. The highest BCUT2D eigenvalue weighted by Gasteiger charge is 2.43. The Hall–Kier alpha value is -2.94. The van der Waals surface area contributed by atoms with E-state index in [1.54, 1.807) is 18.7 Å². The zero-order valence-electron chi connectivity index (χ0n) is 20.9. The lowest BCUT2D eigenvalue weighted by atomic mass is 9.94. The molecule has 3 rings (SSSR count). The fourth-order valence-corrected chi connectivity index (χ4v) is 4.64. The Bertz CT molecular complexity index is 934. The molecule has 0 radical (unpaired) electrons. The Morgan fingerprint density at radius 2 is 1.74 bits per heavy atom. The van der Waals surface area contributed by atoms with Gasteiger partial charge in [-0.1, -0.05) is 36.8 Å². The number of carbonyl (C=O) groups is 4. The van der Waals surface area contributed by atoms with Crippen molar-refractivity contribution in [1.29, 1.82) is 0 Å². The quantitative estimate of drug-likeness (QED) is 0.427. The van der Waals surface area contributed by atoms with E-state index < -0.39 is 35.5 Å². The first-order chi connectivity index (χ1) is 16.7. The van der Waals surface area contributed by atoms with E-state index in [0.717, 1.165) is 11.1 Å². The summed E-state index contributed by atoms with van der Waals surface area (Å²) in [6, 6.07) is 5.36. The second-order valence-electron chi connectivity index (χ2n) is 9.86. The highest BCUT2D eigenvalue weighted by molar-refractivity contribution is 5.99. The number of unbranched alkanes of at least 4 members (excludes halogenated alkanes) is 1. The van der Waals surface area contributed by atoms with Crippen LogP contribution in [0.1, 0.15) is 63.5 Å². The maximum Gasteiger partial charge on any atom is 0.246 e. The van der Waals surface area contributed by atoms with E-state index in [1.807, 2.05) is 31.2 Å². The van der Waals surface area contributed by atoms with Crippen LogP contribution in [0, 0.1) is 6.92 Å². The van der Waals surface area contributed by atoms with Crippen molar-refractivity contribution in [3.05, 3.63) is 35.4 Å². The molecule has 2 heterocycles. The Morgan fingerprint density at radius 3 is 2.40 bits per heavy atom. The normalized spacial score (nSPS) is 27.9. The molecule has 1 unspecified atom stereocenters. The maximum absolute atomic E-state index is 13.7. The molecule has 4 atom stereocenters.